The predicted molar refractivity (Wildman–Crippen MR) is 125 cm³/mol. The smallest absolute Gasteiger partial charge is 0.267 e. The van der Waals surface area contributed by atoms with Gasteiger partial charge in [0.1, 0.15) is 0 Å². The number of anilines is 1. The van der Waals surface area contributed by atoms with Gasteiger partial charge in [-0.1, -0.05) is 90.1 Å². The molecule has 0 radical (unpaired) electrons. The largest absolute Gasteiger partial charge is 0.281 e. The van der Waals surface area contributed by atoms with Gasteiger partial charge in [0.2, 0.25) is 0 Å². The molecule has 0 saturated heterocycles. The molecule has 0 spiro atoms. The first-order valence-corrected chi connectivity index (χ1v) is 9.75. The van der Waals surface area contributed by atoms with Gasteiger partial charge in [-0.15, -0.1) is 0 Å². The molecule has 1 aliphatic heterocycles. The number of allylic oxidation sites excluding steroid dienone is 2. The van der Waals surface area contributed by atoms with Crippen LogP contribution in [0.1, 0.15) is 18.1 Å². The molecule has 3 aromatic rings. The zero-order valence-electron chi connectivity index (χ0n) is 16.9. The molecule has 6 nitrogen and oxygen atoms in total. The highest BCUT2D eigenvalue weighted by Crippen LogP contribution is 2.30. The molecule has 1 aliphatic rings. The molecule has 3 aromatic carbocycles. The van der Waals surface area contributed by atoms with Gasteiger partial charge in [0, 0.05) is 10.6 Å². The lowest BCUT2D eigenvalue weighted by atomic mass is 9.96. The summed E-state index contributed by atoms with van der Waals surface area (Å²) in [4.78, 5) is 16.1. The highest BCUT2D eigenvalue weighted by atomic mass is 16.2. The van der Waals surface area contributed by atoms with E-state index in [9.17, 15) is 4.79 Å². The molecule has 31 heavy (non-hydrogen) atoms. The average molecular weight is 405 g/mol. The second kappa shape index (κ2) is 8.95. The Balaban J connectivity index is 1.77. The third-order valence-electron chi connectivity index (χ3n) is 4.87. The van der Waals surface area contributed by atoms with Gasteiger partial charge in [-0.3, -0.25) is 4.79 Å². The molecule has 1 amide bonds. The number of carbonyl (C=O) groups excluding carboxylic acids is 1. The fraction of sp³-hybridized carbons (Fsp3) is 0.0400. The Morgan fingerprint density at radius 2 is 1.61 bits per heavy atom. The summed E-state index contributed by atoms with van der Waals surface area (Å²) in [6.07, 6.45) is 3.86. The van der Waals surface area contributed by atoms with E-state index in [0.29, 0.717) is 17.0 Å². The molecule has 0 aromatic heterocycles. The van der Waals surface area contributed by atoms with Crippen LogP contribution >= 0.6 is 0 Å². The van der Waals surface area contributed by atoms with E-state index >= 15 is 0 Å². The Bertz CT molecular complexity index is 1240. The summed E-state index contributed by atoms with van der Waals surface area (Å²) < 4.78 is 0. The normalized spacial score (nSPS) is 15.1. The first kappa shape index (κ1) is 19.9. The zero-order valence-corrected chi connectivity index (χ0v) is 16.9. The van der Waals surface area contributed by atoms with E-state index in [1.165, 1.54) is 5.01 Å². The number of azide groups is 1. The highest BCUT2D eigenvalue weighted by molar-refractivity contribution is 6.34. The Morgan fingerprint density at radius 3 is 2.26 bits per heavy atom. The second-order valence-electron chi connectivity index (χ2n) is 6.91. The van der Waals surface area contributed by atoms with Crippen LogP contribution < -0.4 is 5.01 Å². The molecule has 150 valence electrons. The number of hydrogen-bond donors (Lipinski definition) is 0. The SMILES string of the molecule is CC1=NN(c2ccccc2)C(=O)/C1=C(/C=C/c1ccc(N=[N+]=[N-])cc1)c1ccccc1. The number of hydrazone groups is 1. The Kier molecular flexibility index (Phi) is 5.74. The fourth-order valence-electron chi connectivity index (χ4n) is 3.39. The fourth-order valence-corrected chi connectivity index (χ4v) is 3.39. The minimum Gasteiger partial charge on any atom is -0.267 e. The van der Waals surface area contributed by atoms with E-state index in [4.69, 9.17) is 5.53 Å². The van der Waals surface area contributed by atoms with Crippen molar-refractivity contribution in [3.8, 4) is 0 Å². The molecule has 1 heterocycles. The number of benzene rings is 3. The van der Waals surface area contributed by atoms with Crippen LogP contribution in [0.15, 0.2) is 107 Å². The van der Waals surface area contributed by atoms with Crippen molar-refractivity contribution in [2.75, 3.05) is 5.01 Å². The first-order chi connectivity index (χ1) is 15.2. The van der Waals surface area contributed by atoms with E-state index in [1.807, 2.05) is 91.9 Å². The predicted octanol–water partition coefficient (Wildman–Crippen LogP) is 6.52. The first-order valence-electron chi connectivity index (χ1n) is 9.75. The van der Waals surface area contributed by atoms with Crippen LogP contribution in [-0.4, -0.2) is 11.6 Å². The zero-order chi connectivity index (χ0) is 21.6. The van der Waals surface area contributed by atoms with Gasteiger partial charge >= 0.3 is 0 Å². The van der Waals surface area contributed by atoms with Crippen molar-refractivity contribution in [2.45, 2.75) is 6.92 Å². The molecular weight excluding hydrogens is 386 g/mol. The van der Waals surface area contributed by atoms with Crippen molar-refractivity contribution in [3.63, 3.8) is 0 Å². The molecule has 0 bridgehead atoms. The maximum absolute atomic E-state index is 13.3. The van der Waals surface area contributed by atoms with E-state index in [2.05, 4.69) is 15.1 Å². The van der Waals surface area contributed by atoms with Crippen molar-refractivity contribution in [3.05, 3.63) is 118 Å². The van der Waals surface area contributed by atoms with Crippen molar-refractivity contribution < 1.29 is 4.79 Å². The lowest BCUT2D eigenvalue weighted by Gasteiger charge is -2.12. The maximum atomic E-state index is 13.3. The molecule has 0 saturated carbocycles. The molecule has 0 unspecified atom stereocenters. The number of carbonyl (C=O) groups is 1. The summed E-state index contributed by atoms with van der Waals surface area (Å²) in [6.45, 7) is 1.85. The standard InChI is InChI=1S/C25H19N5O/c1-18-24(25(31)30(28-18)22-10-6-3-7-11-22)23(20-8-4-2-5-9-20)17-14-19-12-15-21(16-13-19)27-29-26/h2-17H,1H3/b17-14+,24-23-. The van der Waals surface area contributed by atoms with Crippen LogP contribution in [0.2, 0.25) is 0 Å². The number of rotatable bonds is 5. The summed E-state index contributed by atoms with van der Waals surface area (Å²) in [6, 6.07) is 26.4. The molecular formula is C25H19N5O. The van der Waals surface area contributed by atoms with Crippen molar-refractivity contribution in [2.24, 2.45) is 10.2 Å². The van der Waals surface area contributed by atoms with Crippen LogP contribution in [0, 0.1) is 0 Å². The Labute approximate surface area is 180 Å². The Hall–Kier alpha value is -4.41. The molecule has 0 atom stereocenters. The highest BCUT2D eigenvalue weighted by Gasteiger charge is 2.31. The minimum atomic E-state index is -0.161. The summed E-state index contributed by atoms with van der Waals surface area (Å²) in [5.41, 5.74) is 13.7. The number of hydrogen-bond acceptors (Lipinski definition) is 3. The second-order valence-corrected chi connectivity index (χ2v) is 6.91. The van der Waals surface area contributed by atoms with Gasteiger partial charge in [-0.2, -0.15) is 10.1 Å². The third-order valence-corrected chi connectivity index (χ3v) is 4.87. The van der Waals surface area contributed by atoms with E-state index in [-0.39, 0.29) is 5.91 Å². The summed E-state index contributed by atoms with van der Waals surface area (Å²) in [7, 11) is 0. The van der Waals surface area contributed by atoms with Crippen molar-refractivity contribution >= 4 is 34.6 Å². The van der Waals surface area contributed by atoms with Crippen LogP contribution in [0.5, 0.6) is 0 Å². The maximum Gasteiger partial charge on any atom is 0.281 e. The molecule has 6 heteroatoms. The molecule has 0 N–H and O–H groups in total. The van der Waals surface area contributed by atoms with Crippen molar-refractivity contribution in [1.29, 1.82) is 0 Å². The third kappa shape index (κ3) is 4.29. The van der Waals surface area contributed by atoms with E-state index in [0.717, 1.165) is 22.4 Å². The molecule has 4 rings (SSSR count). The number of para-hydroxylation sites is 1. The average Bonchev–Trinajstić information content (AvgIpc) is 3.11. The summed E-state index contributed by atoms with van der Waals surface area (Å²) in [5, 5.41) is 9.55. The molecule has 0 fully saturated rings. The van der Waals surface area contributed by atoms with Gasteiger partial charge < -0.3 is 0 Å². The van der Waals surface area contributed by atoms with Gasteiger partial charge in [0.15, 0.2) is 0 Å². The van der Waals surface area contributed by atoms with Crippen LogP contribution in [0.3, 0.4) is 0 Å². The van der Waals surface area contributed by atoms with E-state index in [1.54, 1.807) is 12.1 Å². The molecule has 0 aliphatic carbocycles. The van der Waals surface area contributed by atoms with Crippen molar-refractivity contribution in [1.82, 2.24) is 0 Å². The lowest BCUT2D eigenvalue weighted by molar-refractivity contribution is -0.114. The quantitative estimate of drug-likeness (QED) is 0.206. The summed E-state index contributed by atoms with van der Waals surface area (Å²) in [5.74, 6) is -0.161. The van der Waals surface area contributed by atoms with E-state index < -0.39 is 0 Å². The monoisotopic (exact) mass is 405 g/mol. The number of nitrogens with zero attached hydrogens (tertiary/aromatic N) is 5. The van der Waals surface area contributed by atoms with Gasteiger partial charge in [0.05, 0.1) is 17.0 Å². The summed E-state index contributed by atoms with van der Waals surface area (Å²) >= 11 is 0. The topological polar surface area (TPSA) is 81.4 Å². The van der Waals surface area contributed by atoms with Gasteiger partial charge in [-0.25, -0.2) is 0 Å². The van der Waals surface area contributed by atoms with Crippen LogP contribution in [0.25, 0.3) is 22.1 Å². The van der Waals surface area contributed by atoms with Gasteiger partial charge in [-0.05, 0) is 41.3 Å². The number of amides is 1. The minimum absolute atomic E-state index is 0.161. The Morgan fingerprint density at radius 1 is 0.968 bits per heavy atom. The van der Waals surface area contributed by atoms with Crippen LogP contribution in [-0.2, 0) is 4.79 Å². The van der Waals surface area contributed by atoms with Gasteiger partial charge in [0.25, 0.3) is 5.91 Å². The lowest BCUT2D eigenvalue weighted by Crippen LogP contribution is -2.21. The van der Waals surface area contributed by atoms with Crippen LogP contribution in [0.4, 0.5) is 11.4 Å².